The van der Waals surface area contributed by atoms with Gasteiger partial charge in [-0.2, -0.15) is 0 Å². The second-order valence-electron chi connectivity index (χ2n) is 7.27. The van der Waals surface area contributed by atoms with E-state index in [1.54, 1.807) is 0 Å². The first-order valence-corrected chi connectivity index (χ1v) is 6.99. The van der Waals surface area contributed by atoms with E-state index in [0.717, 1.165) is 28.8 Å². The second-order valence-corrected chi connectivity index (χ2v) is 7.27. The van der Waals surface area contributed by atoms with E-state index in [1.807, 2.05) is 0 Å². The predicted molar refractivity (Wildman–Crippen MR) is 65.0 cm³/mol. The van der Waals surface area contributed by atoms with Gasteiger partial charge in [0.25, 0.3) is 0 Å². The molecule has 1 N–H and O–H groups in total. The molecular weight excluding hydrogens is 198 g/mol. The van der Waals surface area contributed by atoms with Gasteiger partial charge < -0.3 is 9.59 Å². The van der Waals surface area contributed by atoms with Crippen LogP contribution in [0.1, 0.15) is 38.5 Å². The van der Waals surface area contributed by atoms with Gasteiger partial charge in [-0.1, -0.05) is 0 Å². The zero-order chi connectivity index (χ0) is 11.4. The van der Waals surface area contributed by atoms with E-state index in [2.05, 4.69) is 14.1 Å². The Morgan fingerprint density at radius 1 is 1.00 bits per heavy atom. The van der Waals surface area contributed by atoms with Gasteiger partial charge in [0, 0.05) is 19.3 Å². The molecule has 0 heterocycles. The number of aliphatic hydroxyl groups is 1. The highest BCUT2D eigenvalue weighted by Crippen LogP contribution is 2.58. The molecule has 0 amide bonds. The van der Waals surface area contributed by atoms with Crippen LogP contribution in [0.3, 0.4) is 0 Å². The Kier molecular flexibility index (Phi) is 2.38. The topological polar surface area (TPSA) is 20.2 Å². The van der Waals surface area contributed by atoms with Crippen molar-refractivity contribution in [3.63, 3.8) is 0 Å². The smallest absolute Gasteiger partial charge is 0.102 e. The first kappa shape index (κ1) is 11.0. The standard InChI is InChI=1S/C14H26NO/c1-15(2,3-4-16)14-8-11-5-12(9-14)7-13(6-11)10-14/h11-13,16H,3-10H2,1-2H3/q+1. The van der Waals surface area contributed by atoms with Gasteiger partial charge in [0.15, 0.2) is 0 Å². The molecule has 16 heavy (non-hydrogen) atoms. The first-order valence-electron chi connectivity index (χ1n) is 6.99. The monoisotopic (exact) mass is 224 g/mol. The van der Waals surface area contributed by atoms with Crippen molar-refractivity contribution in [1.29, 1.82) is 0 Å². The van der Waals surface area contributed by atoms with Crippen LogP contribution in [0.4, 0.5) is 0 Å². The van der Waals surface area contributed by atoms with E-state index in [4.69, 9.17) is 0 Å². The molecule has 4 fully saturated rings. The molecule has 0 aromatic rings. The highest BCUT2D eigenvalue weighted by molar-refractivity contribution is 5.03. The van der Waals surface area contributed by atoms with E-state index >= 15 is 0 Å². The summed E-state index contributed by atoms with van der Waals surface area (Å²) in [5, 5.41) is 9.29. The van der Waals surface area contributed by atoms with Crippen LogP contribution in [-0.2, 0) is 0 Å². The molecule has 2 nitrogen and oxygen atoms in total. The largest absolute Gasteiger partial charge is 0.391 e. The van der Waals surface area contributed by atoms with Crippen LogP contribution in [0.2, 0.25) is 0 Å². The third-order valence-corrected chi connectivity index (χ3v) is 5.95. The molecule has 0 atom stereocenters. The van der Waals surface area contributed by atoms with Crippen molar-refractivity contribution in [1.82, 2.24) is 0 Å². The van der Waals surface area contributed by atoms with Gasteiger partial charge in [-0.05, 0) is 37.0 Å². The molecule has 4 aliphatic rings. The van der Waals surface area contributed by atoms with Crippen molar-refractivity contribution in [2.75, 3.05) is 27.2 Å². The minimum Gasteiger partial charge on any atom is -0.391 e. The first-order chi connectivity index (χ1) is 7.55. The summed E-state index contributed by atoms with van der Waals surface area (Å²) in [6.07, 6.45) is 8.85. The minimum atomic E-state index is 0.342. The third-order valence-electron chi connectivity index (χ3n) is 5.95. The van der Waals surface area contributed by atoms with Crippen molar-refractivity contribution in [2.24, 2.45) is 17.8 Å². The van der Waals surface area contributed by atoms with Gasteiger partial charge in [0.05, 0.1) is 26.2 Å². The number of quaternary nitrogens is 1. The van der Waals surface area contributed by atoms with Crippen LogP contribution < -0.4 is 0 Å². The lowest BCUT2D eigenvalue weighted by molar-refractivity contribution is -0.948. The van der Waals surface area contributed by atoms with E-state index in [1.165, 1.54) is 38.5 Å². The molecule has 4 saturated carbocycles. The lowest BCUT2D eigenvalue weighted by Crippen LogP contribution is -2.67. The molecule has 0 saturated heterocycles. The summed E-state index contributed by atoms with van der Waals surface area (Å²) < 4.78 is 1.06. The molecular formula is C14H26NO+. The fourth-order valence-electron chi connectivity index (χ4n) is 5.29. The maximum absolute atomic E-state index is 9.29. The number of hydrogen-bond donors (Lipinski definition) is 1. The molecule has 4 bridgehead atoms. The lowest BCUT2D eigenvalue weighted by Gasteiger charge is -2.62. The molecule has 92 valence electrons. The molecule has 0 aromatic heterocycles. The van der Waals surface area contributed by atoms with Crippen molar-refractivity contribution in [2.45, 2.75) is 44.1 Å². The minimum absolute atomic E-state index is 0.342. The Bertz CT molecular complexity index is 249. The summed E-state index contributed by atoms with van der Waals surface area (Å²) in [4.78, 5) is 0. The molecule has 4 aliphatic carbocycles. The SMILES string of the molecule is C[N+](C)(CCO)C12CC3CC(CC(C3)C1)C2. The predicted octanol–water partition coefficient (Wildman–Crippen LogP) is 2.02. The van der Waals surface area contributed by atoms with Crippen molar-refractivity contribution < 1.29 is 9.59 Å². The third kappa shape index (κ3) is 1.46. The average molecular weight is 224 g/mol. The van der Waals surface area contributed by atoms with Gasteiger partial charge in [0.1, 0.15) is 6.54 Å². The zero-order valence-electron chi connectivity index (χ0n) is 10.8. The highest BCUT2D eigenvalue weighted by atomic mass is 16.3. The average Bonchev–Trinajstić information content (AvgIpc) is 2.14. The van der Waals surface area contributed by atoms with Crippen LogP contribution >= 0.6 is 0 Å². The summed E-state index contributed by atoms with van der Waals surface area (Å²) in [6.45, 7) is 1.28. The van der Waals surface area contributed by atoms with Crippen LogP contribution in [0.5, 0.6) is 0 Å². The van der Waals surface area contributed by atoms with Crippen LogP contribution in [0.15, 0.2) is 0 Å². The maximum Gasteiger partial charge on any atom is 0.102 e. The quantitative estimate of drug-likeness (QED) is 0.727. The van der Waals surface area contributed by atoms with Gasteiger partial charge in [0.2, 0.25) is 0 Å². The summed E-state index contributed by atoms with van der Waals surface area (Å²) in [7, 11) is 4.70. The molecule has 0 spiro atoms. The van der Waals surface area contributed by atoms with E-state index < -0.39 is 0 Å². The molecule has 4 rings (SSSR count). The lowest BCUT2D eigenvalue weighted by atomic mass is 9.52. The molecule has 2 heteroatoms. The van der Waals surface area contributed by atoms with Crippen molar-refractivity contribution >= 4 is 0 Å². The second kappa shape index (κ2) is 3.46. The Morgan fingerprint density at radius 2 is 1.44 bits per heavy atom. The van der Waals surface area contributed by atoms with E-state index in [0.29, 0.717) is 12.1 Å². The Hall–Kier alpha value is -0.0800. The van der Waals surface area contributed by atoms with Gasteiger partial charge in [-0.25, -0.2) is 0 Å². The number of hydrogen-bond acceptors (Lipinski definition) is 1. The maximum atomic E-state index is 9.29. The fourth-order valence-corrected chi connectivity index (χ4v) is 5.29. The Morgan fingerprint density at radius 3 is 1.81 bits per heavy atom. The van der Waals surface area contributed by atoms with E-state index in [9.17, 15) is 5.11 Å². The molecule has 0 radical (unpaired) electrons. The van der Waals surface area contributed by atoms with Crippen LogP contribution in [-0.4, -0.2) is 42.4 Å². The Labute approximate surface area is 99.2 Å². The molecule has 0 unspecified atom stereocenters. The summed E-state index contributed by atoms with van der Waals surface area (Å²) in [5.41, 5.74) is 0.525. The number of likely N-dealkylation sites (N-methyl/N-ethyl adjacent to an activating group) is 1. The van der Waals surface area contributed by atoms with Gasteiger partial charge in [-0.15, -0.1) is 0 Å². The summed E-state index contributed by atoms with van der Waals surface area (Å²) >= 11 is 0. The van der Waals surface area contributed by atoms with Gasteiger partial charge >= 0.3 is 0 Å². The normalized spacial score (nSPS) is 46.3. The van der Waals surface area contributed by atoms with E-state index in [-0.39, 0.29) is 0 Å². The van der Waals surface area contributed by atoms with Crippen molar-refractivity contribution in [3.8, 4) is 0 Å². The molecule has 0 aromatic carbocycles. The number of nitrogens with zero attached hydrogens (tertiary/aromatic N) is 1. The number of aliphatic hydroxyl groups excluding tert-OH is 1. The fraction of sp³-hybridized carbons (Fsp3) is 1.00. The molecule has 0 aliphatic heterocycles. The summed E-state index contributed by atoms with van der Waals surface area (Å²) in [5.74, 6) is 3.05. The van der Waals surface area contributed by atoms with Crippen LogP contribution in [0.25, 0.3) is 0 Å². The Balaban J connectivity index is 1.88. The summed E-state index contributed by atoms with van der Waals surface area (Å²) in [6, 6.07) is 0. The van der Waals surface area contributed by atoms with Gasteiger partial charge in [-0.3, -0.25) is 0 Å². The highest BCUT2D eigenvalue weighted by Gasteiger charge is 2.58. The number of rotatable bonds is 3. The van der Waals surface area contributed by atoms with Crippen molar-refractivity contribution in [3.05, 3.63) is 0 Å². The zero-order valence-corrected chi connectivity index (χ0v) is 10.8. The van der Waals surface area contributed by atoms with Crippen LogP contribution in [0, 0.1) is 17.8 Å².